The van der Waals surface area contributed by atoms with Crippen molar-refractivity contribution >= 4 is 16.6 Å². The molecule has 14 heavy (non-hydrogen) atoms. The highest BCUT2D eigenvalue weighted by Gasteiger charge is 2.09. The Labute approximate surface area is 84.3 Å². The second-order valence-electron chi connectivity index (χ2n) is 3.76. The minimum atomic E-state index is 0.842. The van der Waals surface area contributed by atoms with Crippen LogP contribution in [-0.4, -0.2) is 4.57 Å². The van der Waals surface area contributed by atoms with Crippen molar-refractivity contribution in [3.63, 3.8) is 0 Å². The summed E-state index contributed by atoms with van der Waals surface area (Å²) in [5, 5.41) is 1.28. The Morgan fingerprint density at radius 3 is 2.71 bits per heavy atom. The highest BCUT2D eigenvalue weighted by molar-refractivity contribution is 5.87. The first kappa shape index (κ1) is 9.13. The van der Waals surface area contributed by atoms with Gasteiger partial charge in [-0.15, -0.1) is 0 Å². The predicted molar refractivity (Wildman–Crippen MR) is 61.4 cm³/mol. The van der Waals surface area contributed by atoms with Gasteiger partial charge >= 0.3 is 0 Å². The average Bonchev–Trinajstić information content (AvgIpc) is 2.39. The van der Waals surface area contributed by atoms with Crippen LogP contribution in [0.5, 0.6) is 0 Å². The van der Waals surface area contributed by atoms with Gasteiger partial charge in [0.2, 0.25) is 0 Å². The number of nitrogens with two attached hydrogens (primary N) is 1. The van der Waals surface area contributed by atoms with Crippen LogP contribution in [0.2, 0.25) is 0 Å². The monoisotopic (exact) mass is 188 g/mol. The maximum absolute atomic E-state index is 5.78. The van der Waals surface area contributed by atoms with Gasteiger partial charge in [0.15, 0.2) is 0 Å². The third-order valence-corrected chi connectivity index (χ3v) is 2.96. The van der Waals surface area contributed by atoms with Crippen LogP contribution in [0.3, 0.4) is 0 Å². The molecule has 0 saturated heterocycles. The van der Waals surface area contributed by atoms with Gasteiger partial charge in [-0.1, -0.05) is 6.92 Å². The Hall–Kier alpha value is -1.44. The van der Waals surface area contributed by atoms with Crippen LogP contribution in [0.15, 0.2) is 18.2 Å². The van der Waals surface area contributed by atoms with E-state index in [0.29, 0.717) is 0 Å². The zero-order valence-electron chi connectivity index (χ0n) is 8.96. The number of aromatic nitrogens is 1. The molecule has 2 rings (SSSR count). The number of aryl methyl sites for hydroxylation is 2. The summed E-state index contributed by atoms with van der Waals surface area (Å²) in [7, 11) is 2.12. The summed E-state index contributed by atoms with van der Waals surface area (Å²) in [5.41, 5.74) is 10.7. The van der Waals surface area contributed by atoms with Crippen molar-refractivity contribution in [3.05, 3.63) is 29.5 Å². The topological polar surface area (TPSA) is 30.9 Å². The van der Waals surface area contributed by atoms with Gasteiger partial charge in [0.05, 0.1) is 0 Å². The molecule has 0 aliphatic carbocycles. The number of rotatable bonds is 1. The summed E-state index contributed by atoms with van der Waals surface area (Å²) in [4.78, 5) is 0. The zero-order valence-corrected chi connectivity index (χ0v) is 8.96. The summed E-state index contributed by atoms with van der Waals surface area (Å²) >= 11 is 0. The fraction of sp³-hybridized carbons (Fsp3) is 0.333. The van der Waals surface area contributed by atoms with Crippen molar-refractivity contribution < 1.29 is 0 Å². The van der Waals surface area contributed by atoms with Gasteiger partial charge in [0.25, 0.3) is 0 Å². The van der Waals surface area contributed by atoms with Crippen molar-refractivity contribution in [3.8, 4) is 0 Å². The van der Waals surface area contributed by atoms with E-state index in [4.69, 9.17) is 5.73 Å². The van der Waals surface area contributed by atoms with Gasteiger partial charge in [-0.05, 0) is 37.1 Å². The first-order valence-electron chi connectivity index (χ1n) is 4.98. The molecule has 0 atom stereocenters. The molecule has 0 saturated carbocycles. The standard InChI is InChI=1S/C12H16N2/c1-4-11-8(2)10-7-9(13)5-6-12(10)14(11)3/h5-7H,4,13H2,1-3H3. The molecule has 0 fully saturated rings. The number of nitrogens with zero attached hydrogens (tertiary/aromatic N) is 1. The molecule has 0 amide bonds. The van der Waals surface area contributed by atoms with E-state index in [0.717, 1.165) is 12.1 Å². The van der Waals surface area contributed by atoms with Crippen LogP contribution in [0, 0.1) is 6.92 Å². The van der Waals surface area contributed by atoms with Crippen LogP contribution in [0.4, 0.5) is 5.69 Å². The van der Waals surface area contributed by atoms with E-state index in [9.17, 15) is 0 Å². The van der Waals surface area contributed by atoms with E-state index in [2.05, 4.69) is 37.6 Å². The van der Waals surface area contributed by atoms with E-state index in [1.807, 2.05) is 6.07 Å². The first-order valence-corrected chi connectivity index (χ1v) is 4.98. The first-order chi connectivity index (χ1) is 6.65. The van der Waals surface area contributed by atoms with Crippen LogP contribution < -0.4 is 5.73 Å². The van der Waals surface area contributed by atoms with Crippen LogP contribution in [0.1, 0.15) is 18.2 Å². The Balaban J connectivity index is 2.87. The van der Waals surface area contributed by atoms with Gasteiger partial charge in [0.1, 0.15) is 0 Å². The maximum Gasteiger partial charge on any atom is 0.0484 e. The molecule has 0 aliphatic heterocycles. The summed E-state index contributed by atoms with van der Waals surface area (Å²) in [6.45, 7) is 4.35. The van der Waals surface area contributed by atoms with Gasteiger partial charge < -0.3 is 10.3 Å². The highest BCUT2D eigenvalue weighted by Crippen LogP contribution is 2.26. The number of benzene rings is 1. The minimum Gasteiger partial charge on any atom is -0.399 e. The number of hydrogen-bond donors (Lipinski definition) is 1. The second kappa shape index (κ2) is 3.05. The number of nitrogen functional groups attached to an aromatic ring is 1. The lowest BCUT2D eigenvalue weighted by Gasteiger charge is -2.01. The van der Waals surface area contributed by atoms with Gasteiger partial charge in [-0.3, -0.25) is 0 Å². The third kappa shape index (κ3) is 1.10. The van der Waals surface area contributed by atoms with E-state index >= 15 is 0 Å². The molecule has 0 bridgehead atoms. The third-order valence-electron chi connectivity index (χ3n) is 2.96. The lowest BCUT2D eigenvalue weighted by molar-refractivity contribution is 0.857. The van der Waals surface area contributed by atoms with Crippen molar-refractivity contribution in [1.82, 2.24) is 4.57 Å². The Morgan fingerprint density at radius 1 is 1.36 bits per heavy atom. The van der Waals surface area contributed by atoms with E-state index in [-0.39, 0.29) is 0 Å². The Bertz CT molecular complexity index is 481. The molecule has 2 nitrogen and oxygen atoms in total. The van der Waals surface area contributed by atoms with Crippen molar-refractivity contribution in [2.45, 2.75) is 20.3 Å². The van der Waals surface area contributed by atoms with E-state index in [1.165, 1.54) is 22.2 Å². The Kier molecular flexibility index (Phi) is 1.99. The molecule has 0 radical (unpaired) electrons. The van der Waals surface area contributed by atoms with Crippen LogP contribution >= 0.6 is 0 Å². The van der Waals surface area contributed by atoms with Crippen molar-refractivity contribution in [1.29, 1.82) is 0 Å². The van der Waals surface area contributed by atoms with Crippen molar-refractivity contribution in [2.75, 3.05) is 5.73 Å². The molecule has 0 unspecified atom stereocenters. The fourth-order valence-electron chi connectivity index (χ4n) is 2.20. The summed E-state index contributed by atoms with van der Waals surface area (Å²) in [6.07, 6.45) is 1.07. The zero-order chi connectivity index (χ0) is 10.3. The normalized spacial score (nSPS) is 11.1. The average molecular weight is 188 g/mol. The SMILES string of the molecule is CCc1c(C)c2cc(N)ccc2n1C. The lowest BCUT2D eigenvalue weighted by atomic mass is 10.1. The van der Waals surface area contributed by atoms with E-state index in [1.54, 1.807) is 0 Å². The summed E-state index contributed by atoms with van der Waals surface area (Å²) in [5.74, 6) is 0. The summed E-state index contributed by atoms with van der Waals surface area (Å²) < 4.78 is 2.25. The predicted octanol–water partition coefficient (Wildman–Crippen LogP) is 2.63. The molecule has 1 heterocycles. The smallest absolute Gasteiger partial charge is 0.0484 e. The molecule has 1 aromatic carbocycles. The lowest BCUT2D eigenvalue weighted by Crippen LogP contribution is -1.94. The quantitative estimate of drug-likeness (QED) is 0.685. The van der Waals surface area contributed by atoms with Crippen LogP contribution in [-0.2, 0) is 13.5 Å². The van der Waals surface area contributed by atoms with Gasteiger partial charge in [-0.2, -0.15) is 0 Å². The Morgan fingerprint density at radius 2 is 2.07 bits per heavy atom. The molecule has 74 valence electrons. The van der Waals surface area contributed by atoms with E-state index < -0.39 is 0 Å². The summed E-state index contributed by atoms with van der Waals surface area (Å²) in [6, 6.07) is 6.11. The molecule has 2 N–H and O–H groups in total. The largest absolute Gasteiger partial charge is 0.399 e. The van der Waals surface area contributed by atoms with Gasteiger partial charge in [-0.25, -0.2) is 0 Å². The van der Waals surface area contributed by atoms with Gasteiger partial charge in [0, 0.05) is 29.3 Å². The maximum atomic E-state index is 5.78. The molecular formula is C12H16N2. The molecule has 2 aromatic rings. The fourth-order valence-corrected chi connectivity index (χ4v) is 2.20. The number of fused-ring (bicyclic) bond motifs is 1. The molecule has 0 spiro atoms. The highest BCUT2D eigenvalue weighted by atomic mass is 14.9. The van der Waals surface area contributed by atoms with Crippen LogP contribution in [0.25, 0.3) is 10.9 Å². The minimum absolute atomic E-state index is 0.842. The second-order valence-corrected chi connectivity index (χ2v) is 3.76. The van der Waals surface area contributed by atoms with Crippen molar-refractivity contribution in [2.24, 2.45) is 7.05 Å². The molecule has 1 aromatic heterocycles. The molecular weight excluding hydrogens is 172 g/mol. The molecule has 2 heteroatoms. The number of hydrogen-bond acceptors (Lipinski definition) is 1. The number of anilines is 1. The molecule has 0 aliphatic rings.